The van der Waals surface area contributed by atoms with Gasteiger partial charge in [-0.3, -0.25) is 9.59 Å². The van der Waals surface area contributed by atoms with Crippen molar-refractivity contribution in [3.8, 4) is 5.75 Å². The molecule has 0 aliphatic carbocycles. The van der Waals surface area contributed by atoms with Gasteiger partial charge in [0.15, 0.2) is 10.6 Å². The molecule has 0 aliphatic heterocycles. The lowest BCUT2D eigenvalue weighted by Crippen LogP contribution is -2.16. The molecule has 1 aromatic heterocycles. The van der Waals surface area contributed by atoms with Gasteiger partial charge < -0.3 is 9.30 Å². The molecule has 0 fully saturated rings. The van der Waals surface area contributed by atoms with Crippen LogP contribution < -0.4 is 9.54 Å². The molecular weight excluding hydrogens is 408 g/mol. The van der Waals surface area contributed by atoms with Crippen LogP contribution >= 0.6 is 11.3 Å². The van der Waals surface area contributed by atoms with E-state index in [0.29, 0.717) is 33.8 Å². The Morgan fingerprint density at radius 1 is 0.968 bits per heavy atom. The minimum atomic E-state index is -0.373. The van der Waals surface area contributed by atoms with Gasteiger partial charge in [-0.15, -0.1) is 6.58 Å². The van der Waals surface area contributed by atoms with Crippen LogP contribution in [0.2, 0.25) is 0 Å². The molecule has 3 aromatic carbocycles. The van der Waals surface area contributed by atoms with Gasteiger partial charge in [0.1, 0.15) is 11.3 Å². The van der Waals surface area contributed by atoms with Crippen molar-refractivity contribution in [2.24, 2.45) is 4.99 Å². The minimum Gasteiger partial charge on any atom is -0.495 e. The molecule has 4 aromatic rings. The first-order valence-corrected chi connectivity index (χ1v) is 10.5. The molecule has 0 atom stereocenters. The van der Waals surface area contributed by atoms with E-state index >= 15 is 0 Å². The van der Waals surface area contributed by atoms with Crippen molar-refractivity contribution in [2.45, 2.75) is 6.54 Å². The lowest BCUT2D eigenvalue weighted by molar-refractivity contribution is 0.0994. The fourth-order valence-corrected chi connectivity index (χ4v) is 4.37. The molecule has 0 N–H and O–H groups in total. The first-order valence-electron chi connectivity index (χ1n) is 9.68. The number of para-hydroxylation sites is 1. The highest BCUT2D eigenvalue weighted by molar-refractivity contribution is 7.16. The molecule has 154 valence electrons. The summed E-state index contributed by atoms with van der Waals surface area (Å²) in [6.07, 6.45) is 1.76. The second-order valence-electron chi connectivity index (χ2n) is 6.78. The summed E-state index contributed by atoms with van der Waals surface area (Å²) in [5.74, 6) is 0.257. The topological polar surface area (TPSA) is 60.7 Å². The zero-order valence-corrected chi connectivity index (χ0v) is 17.8. The van der Waals surface area contributed by atoms with E-state index in [1.54, 1.807) is 49.6 Å². The monoisotopic (exact) mass is 428 g/mol. The lowest BCUT2D eigenvalue weighted by atomic mass is 10.0. The van der Waals surface area contributed by atoms with Crippen molar-refractivity contribution in [3.63, 3.8) is 0 Å². The van der Waals surface area contributed by atoms with E-state index in [0.717, 1.165) is 10.2 Å². The van der Waals surface area contributed by atoms with Crippen molar-refractivity contribution >= 4 is 33.2 Å². The van der Waals surface area contributed by atoms with E-state index in [9.17, 15) is 9.59 Å². The summed E-state index contributed by atoms with van der Waals surface area (Å²) in [5.41, 5.74) is 2.43. The maximum Gasteiger partial charge on any atom is 0.279 e. The van der Waals surface area contributed by atoms with Crippen LogP contribution in [0.1, 0.15) is 26.3 Å². The Morgan fingerprint density at radius 2 is 1.65 bits per heavy atom. The summed E-state index contributed by atoms with van der Waals surface area (Å²) in [5, 5.41) is 0. The summed E-state index contributed by atoms with van der Waals surface area (Å²) in [7, 11) is 1.62. The molecule has 4 rings (SSSR count). The van der Waals surface area contributed by atoms with Crippen LogP contribution in [0.4, 0.5) is 0 Å². The summed E-state index contributed by atoms with van der Waals surface area (Å²) >= 11 is 1.42. The number of ketones is 1. The number of carbonyl (C=O) groups excluding carboxylic acids is 2. The average molecular weight is 429 g/mol. The van der Waals surface area contributed by atoms with Crippen LogP contribution in [0.3, 0.4) is 0 Å². The van der Waals surface area contributed by atoms with Gasteiger partial charge in [-0.2, -0.15) is 4.99 Å². The molecule has 1 heterocycles. The molecular formula is C25H20N2O3S. The smallest absolute Gasteiger partial charge is 0.279 e. The summed E-state index contributed by atoms with van der Waals surface area (Å²) in [6.45, 7) is 4.31. The predicted molar refractivity (Wildman–Crippen MR) is 123 cm³/mol. The normalized spacial score (nSPS) is 11.5. The third kappa shape index (κ3) is 4.11. The summed E-state index contributed by atoms with van der Waals surface area (Å²) in [4.78, 5) is 30.3. The molecule has 0 unspecified atom stereocenters. The first-order chi connectivity index (χ1) is 15.1. The molecule has 0 bridgehead atoms. The van der Waals surface area contributed by atoms with Gasteiger partial charge in [-0.1, -0.05) is 65.9 Å². The van der Waals surface area contributed by atoms with Gasteiger partial charge in [-0.05, 0) is 24.3 Å². The number of fused-ring (bicyclic) bond motifs is 1. The van der Waals surface area contributed by atoms with Gasteiger partial charge in [0, 0.05) is 23.2 Å². The highest BCUT2D eigenvalue weighted by Crippen LogP contribution is 2.27. The standard InChI is InChI=1S/C25H20N2O3S/c1-3-16-27-22-20(30-2)10-7-11-21(22)31-25(27)26-24(29)19-14-12-18(13-15-19)23(28)17-8-5-4-6-9-17/h3-15H,1,16H2,2H3. The van der Waals surface area contributed by atoms with E-state index in [4.69, 9.17) is 4.74 Å². The number of hydrogen-bond donors (Lipinski definition) is 0. The Labute approximate surface area is 183 Å². The Hall–Kier alpha value is -3.77. The Balaban J connectivity index is 1.69. The number of allylic oxidation sites excluding steroid dienone is 1. The third-order valence-corrected chi connectivity index (χ3v) is 5.87. The van der Waals surface area contributed by atoms with Crippen molar-refractivity contribution < 1.29 is 14.3 Å². The van der Waals surface area contributed by atoms with E-state index in [2.05, 4.69) is 11.6 Å². The second kappa shape index (κ2) is 8.93. The zero-order chi connectivity index (χ0) is 21.8. The molecule has 0 spiro atoms. The van der Waals surface area contributed by atoms with E-state index in [1.807, 2.05) is 41.0 Å². The maximum atomic E-state index is 12.8. The van der Waals surface area contributed by atoms with Gasteiger partial charge >= 0.3 is 0 Å². The van der Waals surface area contributed by atoms with Crippen molar-refractivity contribution in [2.75, 3.05) is 7.11 Å². The number of thiazole rings is 1. The quantitative estimate of drug-likeness (QED) is 0.325. The number of hydrogen-bond acceptors (Lipinski definition) is 4. The SMILES string of the molecule is C=CCn1c(=NC(=O)c2ccc(C(=O)c3ccccc3)cc2)sc2cccc(OC)c21. The summed E-state index contributed by atoms with van der Waals surface area (Å²) < 4.78 is 8.37. The molecule has 0 saturated carbocycles. The lowest BCUT2D eigenvalue weighted by Gasteiger charge is -2.06. The van der Waals surface area contributed by atoms with Crippen LogP contribution in [0.25, 0.3) is 10.2 Å². The molecule has 31 heavy (non-hydrogen) atoms. The van der Waals surface area contributed by atoms with Crippen LogP contribution in [0.15, 0.2) is 90.4 Å². The van der Waals surface area contributed by atoms with E-state index in [-0.39, 0.29) is 11.7 Å². The molecule has 0 aliphatic rings. The minimum absolute atomic E-state index is 0.0861. The number of benzene rings is 3. The largest absolute Gasteiger partial charge is 0.495 e. The number of ether oxygens (including phenoxy) is 1. The Morgan fingerprint density at radius 3 is 2.32 bits per heavy atom. The number of rotatable bonds is 6. The highest BCUT2D eigenvalue weighted by atomic mass is 32.1. The molecule has 5 nitrogen and oxygen atoms in total. The number of amides is 1. The molecule has 6 heteroatoms. The van der Waals surface area contributed by atoms with Crippen LogP contribution in [-0.2, 0) is 6.54 Å². The maximum absolute atomic E-state index is 12.8. The predicted octanol–water partition coefficient (Wildman–Crippen LogP) is 4.87. The van der Waals surface area contributed by atoms with Crippen molar-refractivity contribution in [1.82, 2.24) is 4.57 Å². The average Bonchev–Trinajstić information content (AvgIpc) is 3.16. The van der Waals surface area contributed by atoms with Crippen LogP contribution in [0.5, 0.6) is 5.75 Å². The number of aromatic nitrogens is 1. The molecule has 0 radical (unpaired) electrons. The number of carbonyl (C=O) groups is 2. The van der Waals surface area contributed by atoms with Gasteiger partial charge in [0.05, 0.1) is 11.8 Å². The number of methoxy groups -OCH3 is 1. The van der Waals surface area contributed by atoms with Gasteiger partial charge in [0.25, 0.3) is 5.91 Å². The van der Waals surface area contributed by atoms with Crippen LogP contribution in [-0.4, -0.2) is 23.4 Å². The van der Waals surface area contributed by atoms with Gasteiger partial charge in [0.2, 0.25) is 0 Å². The third-order valence-electron chi connectivity index (χ3n) is 4.82. The van der Waals surface area contributed by atoms with E-state index in [1.165, 1.54) is 11.3 Å². The highest BCUT2D eigenvalue weighted by Gasteiger charge is 2.13. The summed E-state index contributed by atoms with van der Waals surface area (Å²) in [6, 6.07) is 21.4. The molecule has 1 amide bonds. The Bertz CT molecular complexity index is 1330. The second-order valence-corrected chi connectivity index (χ2v) is 7.79. The van der Waals surface area contributed by atoms with Crippen molar-refractivity contribution in [3.05, 3.63) is 107 Å². The Kier molecular flexibility index (Phi) is 5.91. The van der Waals surface area contributed by atoms with Crippen LogP contribution in [0, 0.1) is 0 Å². The first kappa shape index (κ1) is 20.5. The fraction of sp³-hybridized carbons (Fsp3) is 0.0800. The number of nitrogens with zero attached hydrogens (tertiary/aromatic N) is 2. The van der Waals surface area contributed by atoms with Crippen molar-refractivity contribution in [1.29, 1.82) is 0 Å². The molecule has 0 saturated heterocycles. The fourth-order valence-electron chi connectivity index (χ4n) is 3.32. The zero-order valence-electron chi connectivity index (χ0n) is 16.9. The van der Waals surface area contributed by atoms with E-state index < -0.39 is 0 Å². The van der Waals surface area contributed by atoms with Gasteiger partial charge in [-0.25, -0.2) is 0 Å².